The number of aryl methyl sites for hydroxylation is 2. The minimum Gasteiger partial charge on any atom is -0.347 e. The minimum atomic E-state index is -0.316. The Balaban J connectivity index is 1.49. The summed E-state index contributed by atoms with van der Waals surface area (Å²) in [5.74, 6) is -0.420. The molecule has 174 valence electrons. The van der Waals surface area contributed by atoms with Gasteiger partial charge in [0.15, 0.2) is 0 Å². The molecule has 1 fully saturated rings. The molecular weight excluding hydrogens is 450 g/mol. The van der Waals surface area contributed by atoms with Crippen LogP contribution >= 0.6 is 11.3 Å². The summed E-state index contributed by atoms with van der Waals surface area (Å²) in [5, 5.41) is 6.71. The van der Waals surface area contributed by atoms with Crippen molar-refractivity contribution in [1.29, 1.82) is 0 Å². The third kappa shape index (κ3) is 3.62. The molecule has 0 saturated carbocycles. The molecule has 4 amide bonds. The van der Waals surface area contributed by atoms with E-state index in [1.807, 2.05) is 25.1 Å². The van der Waals surface area contributed by atoms with E-state index in [4.69, 9.17) is 0 Å². The van der Waals surface area contributed by atoms with E-state index in [0.29, 0.717) is 40.6 Å². The molecule has 9 heteroatoms. The number of aromatic nitrogens is 1. The quantitative estimate of drug-likeness (QED) is 0.536. The number of hydrogen-bond acceptors (Lipinski definition) is 5. The fourth-order valence-electron chi connectivity index (χ4n) is 4.63. The Kier molecular flexibility index (Phi) is 5.57. The molecule has 2 aliphatic heterocycles. The molecule has 1 aromatic carbocycles. The van der Waals surface area contributed by atoms with Crippen LogP contribution in [0.5, 0.6) is 0 Å². The summed E-state index contributed by atoms with van der Waals surface area (Å²) in [7, 11) is 0. The summed E-state index contributed by atoms with van der Waals surface area (Å²) in [4.78, 5) is 47.2. The zero-order chi connectivity index (χ0) is 24.0. The van der Waals surface area contributed by atoms with Gasteiger partial charge in [-0.2, -0.15) is 0 Å². The first-order valence-electron chi connectivity index (χ1n) is 11.3. The van der Waals surface area contributed by atoms with Gasteiger partial charge in [0.2, 0.25) is 5.91 Å². The highest BCUT2D eigenvalue weighted by atomic mass is 32.1. The number of amides is 4. The zero-order valence-electron chi connectivity index (χ0n) is 19.1. The molecule has 2 aromatic heterocycles. The van der Waals surface area contributed by atoms with E-state index in [1.165, 1.54) is 23.0 Å². The lowest BCUT2D eigenvalue weighted by atomic mass is 10.1. The smallest absolute Gasteiger partial charge is 0.331 e. The number of urea groups is 1. The van der Waals surface area contributed by atoms with Crippen LogP contribution in [-0.4, -0.2) is 46.9 Å². The average Bonchev–Trinajstić information content (AvgIpc) is 3.45. The molecule has 1 unspecified atom stereocenters. The third-order valence-corrected chi connectivity index (χ3v) is 7.47. The van der Waals surface area contributed by atoms with Crippen LogP contribution in [-0.2, 0) is 11.2 Å². The van der Waals surface area contributed by atoms with Crippen molar-refractivity contribution in [2.75, 3.05) is 23.3 Å². The second-order valence-corrected chi connectivity index (χ2v) is 9.50. The highest BCUT2D eigenvalue weighted by Crippen LogP contribution is 2.46. The summed E-state index contributed by atoms with van der Waals surface area (Å²) in [6, 6.07) is 7.41. The maximum Gasteiger partial charge on any atom is 0.331 e. The molecule has 34 heavy (non-hydrogen) atoms. The van der Waals surface area contributed by atoms with Crippen LogP contribution in [0.1, 0.15) is 34.1 Å². The van der Waals surface area contributed by atoms with Crippen LogP contribution in [0.4, 0.5) is 21.9 Å². The first kappa shape index (κ1) is 22.1. The van der Waals surface area contributed by atoms with E-state index >= 15 is 0 Å². The highest BCUT2D eigenvalue weighted by molar-refractivity contribution is 7.21. The fourth-order valence-corrected chi connectivity index (χ4v) is 5.65. The third-order valence-electron chi connectivity index (χ3n) is 6.37. The van der Waals surface area contributed by atoms with Gasteiger partial charge in [-0.25, -0.2) is 9.78 Å². The molecule has 5 rings (SSSR count). The highest BCUT2D eigenvalue weighted by Gasteiger charge is 2.34. The van der Waals surface area contributed by atoms with Crippen LogP contribution < -0.4 is 15.5 Å². The Hall–Kier alpha value is -3.72. The van der Waals surface area contributed by atoms with Gasteiger partial charge >= 0.3 is 6.03 Å². The predicted molar refractivity (Wildman–Crippen MR) is 134 cm³/mol. The van der Waals surface area contributed by atoms with E-state index in [9.17, 15) is 14.4 Å². The lowest BCUT2D eigenvalue weighted by Crippen LogP contribution is -2.39. The zero-order valence-corrected chi connectivity index (χ0v) is 19.9. The van der Waals surface area contributed by atoms with Crippen LogP contribution in [0.3, 0.4) is 0 Å². The Morgan fingerprint density at radius 2 is 2.15 bits per heavy atom. The summed E-state index contributed by atoms with van der Waals surface area (Å²) in [6.07, 6.45) is 4.53. The van der Waals surface area contributed by atoms with Crippen LogP contribution in [0.2, 0.25) is 0 Å². The Morgan fingerprint density at radius 3 is 2.88 bits per heavy atom. The lowest BCUT2D eigenvalue weighted by Gasteiger charge is -2.29. The number of hydrogen-bond donors (Lipinski definition) is 2. The van der Waals surface area contributed by atoms with Gasteiger partial charge in [0.05, 0.1) is 22.4 Å². The average molecular weight is 476 g/mol. The van der Waals surface area contributed by atoms with E-state index in [2.05, 4.69) is 35.2 Å². The van der Waals surface area contributed by atoms with Crippen molar-refractivity contribution in [2.45, 2.75) is 32.7 Å². The molecule has 2 N–H and O–H groups in total. The summed E-state index contributed by atoms with van der Waals surface area (Å²) < 4.78 is 0. The Bertz CT molecular complexity index is 1350. The van der Waals surface area contributed by atoms with Gasteiger partial charge in [-0.05, 0) is 49.1 Å². The summed E-state index contributed by atoms with van der Waals surface area (Å²) in [6.45, 7) is 8.62. The standard InChI is InChI=1S/C25H25N5O3S/c1-4-15-6-7-17(14(3)12-15)30-18-8-10-26-24-20(18)21(28-25(30)33)22(34-24)23(32)27-16-9-11-29(13-16)19(31)5-2/h5-8,10,12,16H,2,4,9,11,13H2,1,3H3,(H,27,32)(H,28,33). The lowest BCUT2D eigenvalue weighted by molar-refractivity contribution is -0.125. The molecule has 1 atom stereocenters. The maximum absolute atomic E-state index is 13.3. The van der Waals surface area contributed by atoms with Crippen LogP contribution in [0, 0.1) is 6.92 Å². The van der Waals surface area contributed by atoms with Crippen LogP contribution in [0.25, 0.3) is 10.2 Å². The monoisotopic (exact) mass is 475 g/mol. The van der Waals surface area contributed by atoms with E-state index in [1.54, 1.807) is 16.0 Å². The van der Waals surface area contributed by atoms with Crippen molar-refractivity contribution in [1.82, 2.24) is 15.2 Å². The Labute approximate surface area is 201 Å². The Morgan fingerprint density at radius 1 is 1.32 bits per heavy atom. The largest absolute Gasteiger partial charge is 0.347 e. The van der Waals surface area contributed by atoms with Gasteiger partial charge < -0.3 is 15.5 Å². The van der Waals surface area contributed by atoms with Gasteiger partial charge in [0.1, 0.15) is 9.71 Å². The number of likely N-dealkylation sites (tertiary alicyclic amines) is 1. The topological polar surface area (TPSA) is 94.6 Å². The molecule has 2 aliphatic rings. The maximum atomic E-state index is 13.3. The van der Waals surface area contributed by atoms with Crippen molar-refractivity contribution in [3.63, 3.8) is 0 Å². The molecule has 3 aromatic rings. The number of carbonyl (C=O) groups is 3. The van der Waals surface area contributed by atoms with Crippen molar-refractivity contribution in [3.05, 3.63) is 59.1 Å². The first-order chi connectivity index (χ1) is 16.4. The molecule has 0 radical (unpaired) electrons. The van der Waals surface area contributed by atoms with E-state index in [-0.39, 0.29) is 23.9 Å². The molecule has 8 nitrogen and oxygen atoms in total. The number of pyridine rings is 1. The predicted octanol–water partition coefficient (Wildman–Crippen LogP) is 4.37. The van der Waals surface area contributed by atoms with Gasteiger partial charge in [-0.1, -0.05) is 25.6 Å². The number of carbonyl (C=O) groups excluding carboxylic acids is 3. The van der Waals surface area contributed by atoms with Crippen molar-refractivity contribution < 1.29 is 14.4 Å². The van der Waals surface area contributed by atoms with Gasteiger partial charge in [0.25, 0.3) is 5.91 Å². The summed E-state index contributed by atoms with van der Waals surface area (Å²) >= 11 is 1.25. The fraction of sp³-hybridized carbons (Fsp3) is 0.280. The van der Waals surface area contributed by atoms with Crippen molar-refractivity contribution in [3.8, 4) is 0 Å². The molecule has 1 saturated heterocycles. The van der Waals surface area contributed by atoms with Gasteiger partial charge in [-0.3, -0.25) is 14.5 Å². The normalized spacial score (nSPS) is 17.1. The number of benzene rings is 1. The van der Waals surface area contributed by atoms with Gasteiger partial charge in [0, 0.05) is 25.3 Å². The van der Waals surface area contributed by atoms with Crippen molar-refractivity contribution in [2.24, 2.45) is 0 Å². The SMILES string of the molecule is C=CC(=O)N1CCC(NC(=O)c2sc3nccc4c3c2NC(=O)N4c2ccc(CC)cc2C)C1. The first-order valence-corrected chi connectivity index (χ1v) is 12.1. The number of thiophene rings is 1. The number of nitrogens with one attached hydrogen (secondary N) is 2. The molecular formula is C25H25N5O3S. The molecule has 0 aliphatic carbocycles. The second-order valence-electron chi connectivity index (χ2n) is 8.50. The molecule has 0 spiro atoms. The van der Waals surface area contributed by atoms with Crippen molar-refractivity contribution >= 4 is 56.5 Å². The second kappa shape index (κ2) is 8.57. The minimum absolute atomic E-state index is 0.142. The number of nitrogens with zero attached hydrogens (tertiary/aromatic N) is 3. The van der Waals surface area contributed by atoms with E-state index < -0.39 is 0 Å². The van der Waals surface area contributed by atoms with E-state index in [0.717, 1.165) is 23.1 Å². The number of anilines is 3. The van der Waals surface area contributed by atoms with Gasteiger partial charge in [-0.15, -0.1) is 11.3 Å². The van der Waals surface area contributed by atoms with Crippen LogP contribution in [0.15, 0.2) is 43.1 Å². The summed E-state index contributed by atoms with van der Waals surface area (Å²) in [5.41, 5.74) is 4.18. The molecule has 0 bridgehead atoms. The molecule has 4 heterocycles. The number of rotatable bonds is 5.